The molecule has 1 aliphatic carbocycles. The van der Waals surface area contributed by atoms with E-state index in [4.69, 9.17) is 10.1 Å². The van der Waals surface area contributed by atoms with Gasteiger partial charge in [0.2, 0.25) is 10.1 Å². The molecular formula is C23H30N6S. The summed E-state index contributed by atoms with van der Waals surface area (Å²) in [5.74, 6) is 1.05. The van der Waals surface area contributed by atoms with Crippen LogP contribution in [-0.4, -0.2) is 58.3 Å². The number of hydrogen-bond donors (Lipinski definition) is 1. The number of nitrogens with zero attached hydrogens (tertiary/aromatic N) is 5. The molecule has 5 rings (SSSR count). The number of fused-ring (bicyclic) bond motifs is 1. The van der Waals surface area contributed by atoms with Crippen molar-refractivity contribution in [2.45, 2.75) is 38.6 Å². The molecule has 1 N–H and O–H groups in total. The van der Waals surface area contributed by atoms with Crippen molar-refractivity contribution in [1.29, 1.82) is 0 Å². The van der Waals surface area contributed by atoms with E-state index in [0.29, 0.717) is 6.04 Å². The Hall–Kier alpha value is -2.38. The summed E-state index contributed by atoms with van der Waals surface area (Å²) in [7, 11) is 0. The van der Waals surface area contributed by atoms with Crippen LogP contribution in [0.2, 0.25) is 0 Å². The van der Waals surface area contributed by atoms with Crippen molar-refractivity contribution in [3.63, 3.8) is 0 Å². The highest BCUT2D eigenvalue weighted by Crippen LogP contribution is 2.35. The molecule has 2 aliphatic rings. The molecule has 2 fully saturated rings. The molecule has 0 atom stereocenters. The third-order valence-corrected chi connectivity index (χ3v) is 7.21. The zero-order chi connectivity index (χ0) is 20.5. The first kappa shape index (κ1) is 19.6. The fourth-order valence-corrected chi connectivity index (χ4v) is 5.43. The molecule has 1 saturated carbocycles. The van der Waals surface area contributed by atoms with E-state index in [1.165, 1.54) is 31.2 Å². The molecule has 7 heteroatoms. The summed E-state index contributed by atoms with van der Waals surface area (Å²) in [6, 6.07) is 9.16. The van der Waals surface area contributed by atoms with E-state index in [-0.39, 0.29) is 0 Å². The van der Waals surface area contributed by atoms with Gasteiger partial charge in [-0.15, -0.1) is 11.7 Å². The van der Waals surface area contributed by atoms with Gasteiger partial charge in [0.15, 0.2) is 5.82 Å². The average Bonchev–Trinajstić information content (AvgIpc) is 3.48. The summed E-state index contributed by atoms with van der Waals surface area (Å²) in [5.41, 5.74) is 3.43. The van der Waals surface area contributed by atoms with E-state index in [2.05, 4.69) is 52.9 Å². The van der Waals surface area contributed by atoms with Gasteiger partial charge in [-0.2, -0.15) is 4.52 Å². The van der Waals surface area contributed by atoms with Crippen LogP contribution in [0.25, 0.3) is 16.2 Å². The molecule has 3 heterocycles. The quantitative estimate of drug-likeness (QED) is 0.596. The zero-order valence-electron chi connectivity index (χ0n) is 17.7. The lowest BCUT2D eigenvalue weighted by molar-refractivity contribution is 0.284. The highest BCUT2D eigenvalue weighted by Gasteiger charge is 2.25. The monoisotopic (exact) mass is 422 g/mol. The maximum absolute atomic E-state index is 5.02. The van der Waals surface area contributed by atoms with Crippen molar-refractivity contribution in [2.24, 2.45) is 0 Å². The number of benzene rings is 1. The smallest absolute Gasteiger partial charge is 0.216 e. The first-order valence-corrected chi connectivity index (χ1v) is 11.8. The average molecular weight is 423 g/mol. The SMILES string of the molecule is C=CCN1CCN(c2nn3c(NC4CCCC4)c(-c4ccc(C)cc4)nc3s2)CC1. The van der Waals surface area contributed by atoms with E-state index in [1.54, 1.807) is 11.3 Å². The maximum atomic E-state index is 5.02. The number of rotatable bonds is 6. The van der Waals surface area contributed by atoms with Gasteiger partial charge >= 0.3 is 0 Å². The van der Waals surface area contributed by atoms with Crippen LogP contribution in [0.15, 0.2) is 36.9 Å². The normalized spacial score (nSPS) is 18.4. The highest BCUT2D eigenvalue weighted by molar-refractivity contribution is 7.20. The van der Waals surface area contributed by atoms with Gasteiger partial charge in [-0.3, -0.25) is 4.90 Å². The van der Waals surface area contributed by atoms with Gasteiger partial charge in [-0.25, -0.2) is 4.98 Å². The highest BCUT2D eigenvalue weighted by atomic mass is 32.1. The van der Waals surface area contributed by atoms with Gasteiger partial charge in [0.05, 0.1) is 0 Å². The van der Waals surface area contributed by atoms with Crippen LogP contribution in [-0.2, 0) is 0 Å². The first-order valence-electron chi connectivity index (χ1n) is 11.0. The summed E-state index contributed by atoms with van der Waals surface area (Å²) < 4.78 is 2.05. The molecule has 0 bridgehead atoms. The topological polar surface area (TPSA) is 48.7 Å². The molecule has 3 aromatic rings. The molecule has 158 valence electrons. The van der Waals surface area contributed by atoms with E-state index in [1.807, 2.05) is 10.6 Å². The van der Waals surface area contributed by atoms with E-state index in [0.717, 1.165) is 59.9 Å². The van der Waals surface area contributed by atoms with Gasteiger partial charge < -0.3 is 10.2 Å². The van der Waals surface area contributed by atoms with Gasteiger partial charge in [-0.1, -0.05) is 60.1 Å². The van der Waals surface area contributed by atoms with Crippen molar-refractivity contribution in [3.05, 3.63) is 42.5 Å². The molecule has 0 amide bonds. The number of aromatic nitrogens is 3. The third kappa shape index (κ3) is 3.84. The number of piperazine rings is 1. The molecule has 6 nitrogen and oxygen atoms in total. The van der Waals surface area contributed by atoms with E-state index >= 15 is 0 Å². The Bertz CT molecular complexity index is 1010. The van der Waals surface area contributed by atoms with Crippen LogP contribution in [0.4, 0.5) is 10.9 Å². The fourth-order valence-electron chi connectivity index (χ4n) is 4.48. The first-order chi connectivity index (χ1) is 14.7. The van der Waals surface area contributed by atoms with Crippen LogP contribution in [0.1, 0.15) is 31.2 Å². The Morgan fingerprint density at radius 3 is 2.57 bits per heavy atom. The second kappa shape index (κ2) is 8.40. The van der Waals surface area contributed by atoms with Crippen molar-refractivity contribution in [2.75, 3.05) is 42.9 Å². The Balaban J connectivity index is 1.46. The van der Waals surface area contributed by atoms with Gasteiger partial charge in [-0.05, 0) is 19.8 Å². The lowest BCUT2D eigenvalue weighted by Crippen LogP contribution is -2.46. The van der Waals surface area contributed by atoms with Crippen LogP contribution in [0.3, 0.4) is 0 Å². The standard InChI is InChI=1S/C23H30N6S/c1-3-12-27-13-15-28(16-14-27)23-26-29-21(24-19-6-4-5-7-19)20(25-22(29)30-23)18-10-8-17(2)9-11-18/h3,8-11,19,24H,1,4-7,12-16H2,2H3. The van der Waals surface area contributed by atoms with E-state index < -0.39 is 0 Å². The number of aryl methyl sites for hydroxylation is 1. The van der Waals surface area contributed by atoms with Crippen LogP contribution in [0, 0.1) is 6.92 Å². The molecule has 30 heavy (non-hydrogen) atoms. The predicted molar refractivity (Wildman–Crippen MR) is 126 cm³/mol. The molecular weight excluding hydrogens is 392 g/mol. The third-order valence-electron chi connectivity index (χ3n) is 6.24. The van der Waals surface area contributed by atoms with Crippen molar-refractivity contribution in [3.8, 4) is 11.3 Å². The Morgan fingerprint density at radius 2 is 1.87 bits per heavy atom. The summed E-state index contributed by atoms with van der Waals surface area (Å²) in [4.78, 5) is 10.8. The summed E-state index contributed by atoms with van der Waals surface area (Å²) in [6.07, 6.45) is 7.04. The van der Waals surface area contributed by atoms with Crippen molar-refractivity contribution < 1.29 is 0 Å². The molecule has 1 aromatic carbocycles. The number of anilines is 2. The lowest BCUT2D eigenvalue weighted by atomic mass is 10.1. The Kier molecular flexibility index (Phi) is 5.48. The molecule has 1 saturated heterocycles. The predicted octanol–water partition coefficient (Wildman–Crippen LogP) is 4.43. The second-order valence-corrected chi connectivity index (χ2v) is 9.39. The molecule has 0 spiro atoms. The second-order valence-electron chi connectivity index (χ2n) is 8.46. The molecule has 2 aromatic heterocycles. The largest absolute Gasteiger partial charge is 0.365 e. The molecule has 0 radical (unpaired) electrons. The minimum atomic E-state index is 0.515. The Morgan fingerprint density at radius 1 is 1.13 bits per heavy atom. The maximum Gasteiger partial charge on any atom is 0.216 e. The Labute approximate surface area is 182 Å². The van der Waals surface area contributed by atoms with Gasteiger partial charge in [0.25, 0.3) is 0 Å². The van der Waals surface area contributed by atoms with Gasteiger partial charge in [0, 0.05) is 44.3 Å². The number of hydrogen-bond acceptors (Lipinski definition) is 6. The summed E-state index contributed by atoms with van der Waals surface area (Å²) >= 11 is 1.70. The minimum absolute atomic E-state index is 0.515. The summed E-state index contributed by atoms with van der Waals surface area (Å²) in [5, 5.41) is 9.87. The van der Waals surface area contributed by atoms with Crippen LogP contribution < -0.4 is 10.2 Å². The molecule has 0 unspecified atom stereocenters. The number of imidazole rings is 1. The van der Waals surface area contributed by atoms with Crippen LogP contribution >= 0.6 is 11.3 Å². The minimum Gasteiger partial charge on any atom is -0.365 e. The van der Waals surface area contributed by atoms with Gasteiger partial charge in [0.1, 0.15) is 5.69 Å². The zero-order valence-corrected chi connectivity index (χ0v) is 18.5. The van der Waals surface area contributed by atoms with Crippen molar-refractivity contribution in [1.82, 2.24) is 19.5 Å². The summed E-state index contributed by atoms with van der Waals surface area (Å²) in [6.45, 7) is 11.0. The lowest BCUT2D eigenvalue weighted by Gasteiger charge is -2.33. The molecule has 1 aliphatic heterocycles. The number of nitrogens with one attached hydrogen (secondary N) is 1. The fraction of sp³-hybridized carbons (Fsp3) is 0.478. The van der Waals surface area contributed by atoms with Crippen LogP contribution in [0.5, 0.6) is 0 Å². The van der Waals surface area contributed by atoms with E-state index in [9.17, 15) is 0 Å². The van der Waals surface area contributed by atoms with Crippen molar-refractivity contribution >= 4 is 27.2 Å².